The highest BCUT2D eigenvalue weighted by atomic mass is 79.9. The molecule has 1 aliphatic rings. The number of rotatable bonds is 2. The zero-order valence-electron chi connectivity index (χ0n) is 10.2. The van der Waals surface area contributed by atoms with Crippen LogP contribution in [0.2, 0.25) is 0 Å². The van der Waals surface area contributed by atoms with Crippen LogP contribution in [0.5, 0.6) is 0 Å². The molecule has 3 nitrogen and oxygen atoms in total. The molecule has 98 valence electrons. The van der Waals surface area contributed by atoms with Crippen LogP contribution < -0.4 is 4.90 Å². The maximum atomic E-state index is 12.1. The number of thiol groups is 1. The lowest BCUT2D eigenvalue weighted by atomic mass is 10.1. The van der Waals surface area contributed by atoms with Crippen molar-refractivity contribution in [1.82, 2.24) is 4.98 Å². The number of benzene rings is 1. The van der Waals surface area contributed by atoms with Gasteiger partial charge in [0.2, 0.25) is 5.91 Å². The number of carbonyl (C=O) groups excluding carboxylic acids is 1. The van der Waals surface area contributed by atoms with Gasteiger partial charge in [-0.3, -0.25) is 9.69 Å². The predicted molar refractivity (Wildman–Crippen MR) is 83.8 cm³/mol. The molecule has 1 atom stereocenters. The predicted octanol–water partition coefficient (Wildman–Crippen LogP) is 3.28. The van der Waals surface area contributed by atoms with Crippen LogP contribution in [-0.4, -0.2) is 23.2 Å². The first kappa shape index (κ1) is 12.9. The molecule has 1 aromatic carbocycles. The van der Waals surface area contributed by atoms with E-state index in [1.807, 2.05) is 24.3 Å². The topological polar surface area (TPSA) is 33.2 Å². The highest BCUT2D eigenvalue weighted by Crippen LogP contribution is 2.33. The van der Waals surface area contributed by atoms with Gasteiger partial charge in [-0.15, -0.1) is 0 Å². The molecule has 1 aliphatic heterocycles. The summed E-state index contributed by atoms with van der Waals surface area (Å²) in [5.41, 5.74) is 0. The zero-order valence-corrected chi connectivity index (χ0v) is 12.7. The monoisotopic (exact) mass is 336 g/mol. The van der Waals surface area contributed by atoms with Crippen molar-refractivity contribution in [1.29, 1.82) is 0 Å². The van der Waals surface area contributed by atoms with Gasteiger partial charge in [0.15, 0.2) is 0 Å². The number of anilines is 1. The van der Waals surface area contributed by atoms with Gasteiger partial charge in [0.1, 0.15) is 5.82 Å². The summed E-state index contributed by atoms with van der Waals surface area (Å²) in [4.78, 5) is 18.3. The third-order valence-electron chi connectivity index (χ3n) is 3.44. The van der Waals surface area contributed by atoms with E-state index >= 15 is 0 Å². The molecular formula is C14H13BrN2OS. The van der Waals surface area contributed by atoms with Crippen molar-refractivity contribution in [3.63, 3.8) is 0 Å². The third-order valence-corrected chi connectivity index (χ3v) is 4.59. The van der Waals surface area contributed by atoms with E-state index in [0.717, 1.165) is 26.8 Å². The van der Waals surface area contributed by atoms with Crippen molar-refractivity contribution in [2.24, 2.45) is 5.92 Å². The average molecular weight is 337 g/mol. The Morgan fingerprint density at radius 2 is 2.11 bits per heavy atom. The van der Waals surface area contributed by atoms with Gasteiger partial charge < -0.3 is 0 Å². The SMILES string of the molecule is O=C1CC(CS)CN1c1ncc(Br)c2ccccc12. The maximum Gasteiger partial charge on any atom is 0.228 e. The quantitative estimate of drug-likeness (QED) is 0.853. The highest BCUT2D eigenvalue weighted by Gasteiger charge is 2.31. The summed E-state index contributed by atoms with van der Waals surface area (Å²) in [6.07, 6.45) is 2.33. The molecule has 2 heterocycles. The van der Waals surface area contributed by atoms with Crippen LogP contribution in [0.15, 0.2) is 34.9 Å². The first-order valence-electron chi connectivity index (χ1n) is 6.15. The van der Waals surface area contributed by atoms with Crippen molar-refractivity contribution >= 4 is 51.1 Å². The summed E-state index contributed by atoms with van der Waals surface area (Å²) in [6, 6.07) is 7.99. The van der Waals surface area contributed by atoms with Crippen molar-refractivity contribution in [3.8, 4) is 0 Å². The Kier molecular flexibility index (Phi) is 3.50. The molecule has 3 rings (SSSR count). The number of aromatic nitrogens is 1. The van der Waals surface area contributed by atoms with Gasteiger partial charge in [-0.2, -0.15) is 12.6 Å². The molecule has 1 aromatic heterocycles. The summed E-state index contributed by atoms with van der Waals surface area (Å²) in [5.74, 6) is 1.95. The number of hydrogen-bond acceptors (Lipinski definition) is 3. The van der Waals surface area contributed by atoms with E-state index in [0.29, 0.717) is 18.9 Å². The molecule has 0 N–H and O–H groups in total. The molecule has 0 radical (unpaired) electrons. The first-order valence-corrected chi connectivity index (χ1v) is 7.57. The Balaban J connectivity index is 2.11. The van der Waals surface area contributed by atoms with Crippen LogP contribution in [0.25, 0.3) is 10.8 Å². The van der Waals surface area contributed by atoms with E-state index in [4.69, 9.17) is 0 Å². The van der Waals surface area contributed by atoms with E-state index in [1.165, 1.54) is 0 Å². The van der Waals surface area contributed by atoms with Gasteiger partial charge in [-0.1, -0.05) is 24.3 Å². The van der Waals surface area contributed by atoms with Crippen molar-refractivity contribution < 1.29 is 4.79 Å². The Labute approximate surface area is 125 Å². The zero-order chi connectivity index (χ0) is 13.4. The Morgan fingerprint density at radius 3 is 2.79 bits per heavy atom. The molecule has 0 saturated carbocycles. The summed E-state index contributed by atoms with van der Waals surface area (Å²) in [6.45, 7) is 0.709. The lowest BCUT2D eigenvalue weighted by Crippen LogP contribution is -2.25. The normalized spacial score (nSPS) is 19.4. The molecule has 1 fully saturated rings. The van der Waals surface area contributed by atoms with Crippen molar-refractivity contribution in [2.75, 3.05) is 17.2 Å². The van der Waals surface area contributed by atoms with E-state index < -0.39 is 0 Å². The van der Waals surface area contributed by atoms with Gasteiger partial charge in [0, 0.05) is 34.4 Å². The van der Waals surface area contributed by atoms with Gasteiger partial charge in [0.05, 0.1) is 0 Å². The Bertz CT molecular complexity index is 646. The first-order chi connectivity index (χ1) is 9.20. The summed E-state index contributed by atoms with van der Waals surface area (Å²) in [5, 5.41) is 2.08. The third kappa shape index (κ3) is 2.25. The minimum absolute atomic E-state index is 0.138. The van der Waals surface area contributed by atoms with Crippen LogP contribution in [-0.2, 0) is 4.79 Å². The molecule has 0 bridgehead atoms. The van der Waals surface area contributed by atoms with Crippen LogP contribution in [0.4, 0.5) is 5.82 Å². The molecule has 2 aromatic rings. The lowest BCUT2D eigenvalue weighted by Gasteiger charge is -2.18. The maximum absolute atomic E-state index is 12.1. The minimum Gasteiger partial charge on any atom is -0.296 e. The number of halogens is 1. The smallest absolute Gasteiger partial charge is 0.228 e. The number of amides is 1. The van der Waals surface area contributed by atoms with Gasteiger partial charge >= 0.3 is 0 Å². The summed E-state index contributed by atoms with van der Waals surface area (Å²) in [7, 11) is 0. The number of fused-ring (bicyclic) bond motifs is 1. The standard InChI is InChI=1S/C14H13BrN2OS/c15-12-6-16-14(11-4-2-1-3-10(11)12)17-7-9(8-19)5-13(17)18/h1-4,6,9,19H,5,7-8H2. The second-order valence-corrected chi connectivity index (χ2v) is 5.95. The fourth-order valence-corrected chi connectivity index (χ4v) is 3.16. The number of hydrogen-bond donors (Lipinski definition) is 1. The Hall–Kier alpha value is -1.07. The molecule has 5 heteroatoms. The van der Waals surface area contributed by atoms with E-state index in [-0.39, 0.29) is 5.91 Å². The number of pyridine rings is 1. The van der Waals surface area contributed by atoms with Crippen molar-refractivity contribution in [2.45, 2.75) is 6.42 Å². The molecule has 0 spiro atoms. The average Bonchev–Trinajstić information content (AvgIpc) is 2.81. The van der Waals surface area contributed by atoms with Crippen LogP contribution in [0.3, 0.4) is 0 Å². The molecular weight excluding hydrogens is 324 g/mol. The Morgan fingerprint density at radius 1 is 1.37 bits per heavy atom. The highest BCUT2D eigenvalue weighted by molar-refractivity contribution is 9.10. The van der Waals surface area contributed by atoms with Gasteiger partial charge in [-0.05, 0) is 27.6 Å². The molecule has 1 unspecified atom stereocenters. The molecule has 1 amide bonds. The second-order valence-electron chi connectivity index (χ2n) is 4.73. The van der Waals surface area contributed by atoms with E-state index in [9.17, 15) is 4.79 Å². The van der Waals surface area contributed by atoms with Crippen LogP contribution >= 0.6 is 28.6 Å². The largest absolute Gasteiger partial charge is 0.296 e. The number of nitrogens with zero attached hydrogens (tertiary/aromatic N) is 2. The lowest BCUT2D eigenvalue weighted by molar-refractivity contribution is -0.117. The van der Waals surface area contributed by atoms with E-state index in [2.05, 4.69) is 33.5 Å². The fraction of sp³-hybridized carbons (Fsp3) is 0.286. The summed E-state index contributed by atoms with van der Waals surface area (Å²) >= 11 is 7.79. The molecule has 0 aliphatic carbocycles. The molecule has 1 saturated heterocycles. The van der Waals surface area contributed by atoms with Crippen molar-refractivity contribution in [3.05, 3.63) is 34.9 Å². The summed E-state index contributed by atoms with van der Waals surface area (Å²) < 4.78 is 0.948. The van der Waals surface area contributed by atoms with Crippen LogP contribution in [0, 0.1) is 5.92 Å². The van der Waals surface area contributed by atoms with Gasteiger partial charge in [0.25, 0.3) is 0 Å². The van der Waals surface area contributed by atoms with E-state index in [1.54, 1.807) is 11.1 Å². The molecule has 19 heavy (non-hydrogen) atoms. The minimum atomic E-state index is 0.138. The van der Waals surface area contributed by atoms with Gasteiger partial charge in [-0.25, -0.2) is 4.98 Å². The number of carbonyl (C=O) groups is 1. The van der Waals surface area contributed by atoms with Crippen LogP contribution in [0.1, 0.15) is 6.42 Å². The fourth-order valence-electron chi connectivity index (χ4n) is 2.47. The second kappa shape index (κ2) is 5.13.